The Balaban J connectivity index is 1.52. The monoisotopic (exact) mass is 413 g/mol. The average Bonchev–Trinajstić information content (AvgIpc) is 3.15. The lowest BCUT2D eigenvalue weighted by atomic mass is 10.1. The Labute approximate surface area is 179 Å². The summed E-state index contributed by atoms with van der Waals surface area (Å²) in [5.74, 6) is -0.371. The van der Waals surface area contributed by atoms with Gasteiger partial charge in [0.05, 0.1) is 11.4 Å². The molecule has 0 spiro atoms. The van der Waals surface area contributed by atoms with Crippen LogP contribution >= 0.6 is 0 Å². The van der Waals surface area contributed by atoms with E-state index in [0.717, 1.165) is 28.1 Å². The predicted octanol–water partition coefficient (Wildman–Crippen LogP) is 3.48. The number of H-pyrrole nitrogens is 1. The van der Waals surface area contributed by atoms with Gasteiger partial charge in [0.25, 0.3) is 11.5 Å². The zero-order chi connectivity index (χ0) is 22.0. The molecule has 2 heterocycles. The average molecular weight is 413 g/mol. The molecule has 0 unspecified atom stereocenters. The number of carbonyl (C=O) groups excluding carboxylic acids is 1. The molecule has 31 heavy (non-hydrogen) atoms. The van der Waals surface area contributed by atoms with Gasteiger partial charge in [0.1, 0.15) is 0 Å². The molecule has 7 nitrogen and oxygen atoms in total. The lowest BCUT2D eigenvalue weighted by Gasteiger charge is -2.08. The number of hydrogen-bond donors (Lipinski definition) is 2. The van der Waals surface area contributed by atoms with Gasteiger partial charge in [-0.05, 0) is 55.7 Å². The van der Waals surface area contributed by atoms with E-state index in [-0.39, 0.29) is 23.7 Å². The molecule has 4 rings (SSSR count). The highest BCUT2D eigenvalue weighted by Gasteiger charge is 2.18. The summed E-state index contributed by atoms with van der Waals surface area (Å²) >= 11 is 0. The van der Waals surface area contributed by atoms with Crippen molar-refractivity contribution in [1.82, 2.24) is 25.3 Å². The number of pyridine rings is 1. The van der Waals surface area contributed by atoms with Gasteiger partial charge in [-0.15, -0.1) is 5.10 Å². The standard InChI is InChI=1S/C24H23N5O2/c1-15-13-16(2)26-23(30)21(15)14-25-24(31)22-17(3)29(28-27-22)20-11-9-19(10-12-20)18-7-5-4-6-8-18/h4-13H,14H2,1-3H3,(H,25,31)(H,26,30). The van der Waals surface area contributed by atoms with Crippen LogP contribution in [0.3, 0.4) is 0 Å². The molecule has 2 aromatic carbocycles. The lowest BCUT2D eigenvalue weighted by molar-refractivity contribution is 0.0945. The number of amides is 1. The maximum atomic E-state index is 12.7. The third-order valence-corrected chi connectivity index (χ3v) is 5.25. The number of aromatic nitrogens is 4. The summed E-state index contributed by atoms with van der Waals surface area (Å²) < 4.78 is 1.63. The Morgan fingerprint density at radius 2 is 1.68 bits per heavy atom. The summed E-state index contributed by atoms with van der Waals surface area (Å²) in [4.78, 5) is 27.6. The van der Waals surface area contributed by atoms with Gasteiger partial charge in [-0.2, -0.15) is 0 Å². The van der Waals surface area contributed by atoms with Crippen LogP contribution in [0.4, 0.5) is 0 Å². The van der Waals surface area contributed by atoms with E-state index in [0.29, 0.717) is 11.3 Å². The second-order valence-electron chi connectivity index (χ2n) is 7.47. The van der Waals surface area contributed by atoms with Gasteiger partial charge >= 0.3 is 0 Å². The number of nitrogens with zero attached hydrogens (tertiary/aromatic N) is 3. The van der Waals surface area contributed by atoms with Crippen LogP contribution in [0.25, 0.3) is 16.8 Å². The molecule has 0 aliphatic rings. The van der Waals surface area contributed by atoms with Gasteiger partial charge in [-0.3, -0.25) is 9.59 Å². The van der Waals surface area contributed by atoms with Gasteiger partial charge in [0.2, 0.25) is 0 Å². The first-order chi connectivity index (χ1) is 14.9. The Bertz CT molecular complexity index is 1290. The third-order valence-electron chi connectivity index (χ3n) is 5.25. The predicted molar refractivity (Wildman–Crippen MR) is 119 cm³/mol. The van der Waals surface area contributed by atoms with Crippen LogP contribution in [0.15, 0.2) is 65.5 Å². The largest absolute Gasteiger partial charge is 0.346 e. The van der Waals surface area contributed by atoms with Crippen molar-refractivity contribution in [2.75, 3.05) is 0 Å². The van der Waals surface area contributed by atoms with E-state index in [9.17, 15) is 9.59 Å². The van der Waals surface area contributed by atoms with Crippen molar-refractivity contribution >= 4 is 5.91 Å². The van der Waals surface area contributed by atoms with Crippen LogP contribution in [-0.4, -0.2) is 25.9 Å². The Morgan fingerprint density at radius 1 is 1.00 bits per heavy atom. The molecule has 1 amide bonds. The van der Waals surface area contributed by atoms with Crippen LogP contribution in [0, 0.1) is 20.8 Å². The molecule has 0 atom stereocenters. The number of nitrogens with one attached hydrogen (secondary N) is 2. The maximum absolute atomic E-state index is 12.7. The van der Waals surface area contributed by atoms with E-state index < -0.39 is 0 Å². The van der Waals surface area contributed by atoms with Crippen molar-refractivity contribution in [2.24, 2.45) is 0 Å². The number of hydrogen-bond acceptors (Lipinski definition) is 4. The molecule has 2 aromatic heterocycles. The number of carbonyl (C=O) groups is 1. The van der Waals surface area contributed by atoms with Gasteiger partial charge < -0.3 is 10.3 Å². The van der Waals surface area contributed by atoms with Gasteiger partial charge in [0, 0.05) is 17.8 Å². The topological polar surface area (TPSA) is 92.7 Å². The number of aryl methyl sites for hydroxylation is 2. The second-order valence-corrected chi connectivity index (χ2v) is 7.47. The highest BCUT2D eigenvalue weighted by atomic mass is 16.2. The van der Waals surface area contributed by atoms with Crippen LogP contribution in [0.5, 0.6) is 0 Å². The summed E-state index contributed by atoms with van der Waals surface area (Å²) in [5, 5.41) is 11.0. The molecular weight excluding hydrogens is 390 g/mol. The van der Waals surface area contributed by atoms with Crippen molar-refractivity contribution in [1.29, 1.82) is 0 Å². The fourth-order valence-corrected chi connectivity index (χ4v) is 3.56. The zero-order valence-corrected chi connectivity index (χ0v) is 17.6. The number of aromatic amines is 1. The summed E-state index contributed by atoms with van der Waals surface area (Å²) in [5.41, 5.74) is 5.85. The van der Waals surface area contributed by atoms with Crippen molar-refractivity contribution in [3.63, 3.8) is 0 Å². The second kappa shape index (κ2) is 8.39. The smallest absolute Gasteiger partial charge is 0.274 e. The molecule has 4 aromatic rings. The minimum Gasteiger partial charge on any atom is -0.346 e. The van der Waals surface area contributed by atoms with E-state index in [1.54, 1.807) is 11.6 Å². The maximum Gasteiger partial charge on any atom is 0.274 e. The molecule has 0 aliphatic carbocycles. The zero-order valence-electron chi connectivity index (χ0n) is 17.6. The minimum absolute atomic E-state index is 0.123. The lowest BCUT2D eigenvalue weighted by Crippen LogP contribution is -2.28. The van der Waals surface area contributed by atoms with Gasteiger partial charge in [0.15, 0.2) is 5.69 Å². The fourth-order valence-electron chi connectivity index (χ4n) is 3.56. The Kier molecular flexibility index (Phi) is 5.49. The molecular formula is C24H23N5O2. The molecule has 0 aliphatic heterocycles. The molecule has 2 N–H and O–H groups in total. The van der Waals surface area contributed by atoms with E-state index >= 15 is 0 Å². The van der Waals surface area contributed by atoms with Crippen LogP contribution < -0.4 is 10.9 Å². The molecule has 0 saturated heterocycles. The molecule has 7 heteroatoms. The number of benzene rings is 2. The van der Waals surface area contributed by atoms with Crippen LogP contribution in [-0.2, 0) is 6.54 Å². The Hall–Kier alpha value is -4.00. The first-order valence-electron chi connectivity index (χ1n) is 10.00. The van der Waals surface area contributed by atoms with Gasteiger partial charge in [-0.1, -0.05) is 47.7 Å². The van der Waals surface area contributed by atoms with E-state index in [1.165, 1.54) is 0 Å². The molecule has 0 fully saturated rings. The van der Waals surface area contributed by atoms with Crippen molar-refractivity contribution < 1.29 is 4.79 Å². The normalized spacial score (nSPS) is 10.8. The Morgan fingerprint density at radius 3 is 2.35 bits per heavy atom. The van der Waals surface area contributed by atoms with Crippen LogP contribution in [0.1, 0.15) is 33.0 Å². The molecule has 0 saturated carbocycles. The van der Waals surface area contributed by atoms with Gasteiger partial charge in [-0.25, -0.2) is 4.68 Å². The highest BCUT2D eigenvalue weighted by molar-refractivity contribution is 5.93. The van der Waals surface area contributed by atoms with E-state index in [4.69, 9.17) is 0 Å². The van der Waals surface area contributed by atoms with Crippen LogP contribution in [0.2, 0.25) is 0 Å². The summed E-state index contributed by atoms with van der Waals surface area (Å²) in [6.45, 7) is 5.59. The quantitative estimate of drug-likeness (QED) is 0.524. The molecule has 0 bridgehead atoms. The van der Waals surface area contributed by atoms with Crippen molar-refractivity contribution in [3.8, 4) is 16.8 Å². The summed E-state index contributed by atoms with van der Waals surface area (Å²) in [6, 6.07) is 19.9. The molecule has 156 valence electrons. The minimum atomic E-state index is -0.371. The SMILES string of the molecule is Cc1cc(C)c(CNC(=O)c2nnn(-c3ccc(-c4ccccc4)cc3)c2C)c(=O)[nH]1. The summed E-state index contributed by atoms with van der Waals surface area (Å²) in [6.07, 6.45) is 0. The first-order valence-corrected chi connectivity index (χ1v) is 10.00. The van der Waals surface area contributed by atoms with Crippen molar-refractivity contribution in [3.05, 3.63) is 99.2 Å². The van der Waals surface area contributed by atoms with E-state index in [2.05, 4.69) is 32.7 Å². The fraction of sp³-hybridized carbons (Fsp3) is 0.167. The summed E-state index contributed by atoms with van der Waals surface area (Å²) in [7, 11) is 0. The molecule has 0 radical (unpaired) electrons. The highest BCUT2D eigenvalue weighted by Crippen LogP contribution is 2.21. The van der Waals surface area contributed by atoms with Crippen molar-refractivity contribution in [2.45, 2.75) is 27.3 Å². The first kappa shape index (κ1) is 20.3. The van der Waals surface area contributed by atoms with E-state index in [1.807, 2.05) is 62.4 Å². The number of rotatable bonds is 5. The third kappa shape index (κ3) is 4.16.